The molecule has 0 saturated heterocycles. The molecule has 0 aromatic carbocycles. The maximum atomic E-state index is 5.25. The lowest BCUT2D eigenvalue weighted by molar-refractivity contribution is 0.209. The van der Waals surface area contributed by atoms with Crippen molar-refractivity contribution in [1.29, 1.82) is 0 Å². The lowest BCUT2D eigenvalue weighted by Gasteiger charge is -1.95. The summed E-state index contributed by atoms with van der Waals surface area (Å²) in [4.78, 5) is 0. The first-order chi connectivity index (χ1) is 6.43. The molecule has 1 rings (SSSR count). The van der Waals surface area contributed by atoms with Crippen LogP contribution in [0, 0.1) is 0 Å². The Morgan fingerprint density at radius 2 is 2.46 bits per heavy atom. The zero-order valence-electron chi connectivity index (χ0n) is 8.03. The predicted octanol–water partition coefficient (Wildman–Crippen LogP) is 3.50. The van der Waals surface area contributed by atoms with Gasteiger partial charge in [0.1, 0.15) is 12.4 Å². The first-order valence-corrected chi connectivity index (χ1v) is 4.72. The summed E-state index contributed by atoms with van der Waals surface area (Å²) in [7, 11) is 0. The highest BCUT2D eigenvalue weighted by Gasteiger charge is 1.91. The van der Waals surface area contributed by atoms with E-state index >= 15 is 0 Å². The van der Waals surface area contributed by atoms with Crippen molar-refractivity contribution < 1.29 is 9.15 Å². The summed E-state index contributed by atoms with van der Waals surface area (Å²) in [6, 6.07) is 3.76. The van der Waals surface area contributed by atoms with Crippen LogP contribution in [0.25, 0.3) is 0 Å². The van der Waals surface area contributed by atoms with Gasteiger partial charge in [0.05, 0.1) is 12.5 Å². The second-order valence-electron chi connectivity index (χ2n) is 2.90. The fourth-order valence-electron chi connectivity index (χ4n) is 0.983. The van der Waals surface area contributed by atoms with E-state index in [2.05, 4.69) is 6.92 Å². The molecular weight excluding hydrogens is 164 g/mol. The van der Waals surface area contributed by atoms with Crippen LogP contribution in [0.4, 0.5) is 0 Å². The lowest BCUT2D eigenvalue weighted by atomic mass is 10.2. The Balaban J connectivity index is 2.04. The van der Waals surface area contributed by atoms with Gasteiger partial charge in [0.15, 0.2) is 0 Å². The highest BCUT2D eigenvalue weighted by atomic mass is 16.5. The van der Waals surface area contributed by atoms with E-state index in [0.29, 0.717) is 6.61 Å². The van der Waals surface area contributed by atoms with E-state index in [1.165, 1.54) is 12.8 Å². The van der Waals surface area contributed by atoms with Crippen molar-refractivity contribution in [2.75, 3.05) is 0 Å². The van der Waals surface area contributed by atoms with E-state index in [9.17, 15) is 0 Å². The molecule has 13 heavy (non-hydrogen) atoms. The van der Waals surface area contributed by atoms with Gasteiger partial charge in [-0.15, -0.1) is 0 Å². The molecule has 0 unspecified atom stereocenters. The largest absolute Gasteiger partial charge is 0.494 e. The molecule has 0 bridgehead atoms. The van der Waals surface area contributed by atoms with E-state index in [-0.39, 0.29) is 0 Å². The minimum absolute atomic E-state index is 0.523. The fraction of sp³-hybridized carbons (Fsp3) is 0.455. The monoisotopic (exact) mass is 180 g/mol. The molecule has 0 radical (unpaired) electrons. The van der Waals surface area contributed by atoms with E-state index in [1.54, 1.807) is 12.5 Å². The Hall–Kier alpha value is -1.18. The third-order valence-electron chi connectivity index (χ3n) is 1.72. The standard InChI is InChI=1S/C11H16O2/c1-2-3-4-5-8-12-10-11-7-6-9-13-11/h5-9H,2-4,10H2,1H3/b8-5+. The molecule has 0 atom stereocenters. The topological polar surface area (TPSA) is 22.4 Å². The molecule has 2 heteroatoms. The Morgan fingerprint density at radius 3 is 3.15 bits per heavy atom. The van der Waals surface area contributed by atoms with E-state index in [0.717, 1.165) is 12.2 Å². The van der Waals surface area contributed by atoms with Gasteiger partial charge in [-0.25, -0.2) is 0 Å². The molecule has 1 aromatic heterocycles. The van der Waals surface area contributed by atoms with Crippen LogP contribution in [0.5, 0.6) is 0 Å². The number of allylic oxidation sites excluding steroid dienone is 1. The Morgan fingerprint density at radius 1 is 1.54 bits per heavy atom. The van der Waals surface area contributed by atoms with Crippen molar-refractivity contribution in [2.24, 2.45) is 0 Å². The number of ether oxygens (including phenoxy) is 1. The van der Waals surface area contributed by atoms with Crippen molar-refractivity contribution >= 4 is 0 Å². The Labute approximate surface area is 79.2 Å². The zero-order chi connectivity index (χ0) is 9.36. The molecule has 0 aliphatic carbocycles. The van der Waals surface area contributed by atoms with E-state index < -0.39 is 0 Å². The number of unbranched alkanes of at least 4 members (excludes halogenated alkanes) is 2. The third-order valence-corrected chi connectivity index (χ3v) is 1.72. The van der Waals surface area contributed by atoms with Gasteiger partial charge in [-0.3, -0.25) is 0 Å². The summed E-state index contributed by atoms with van der Waals surface area (Å²) in [6.07, 6.45) is 8.99. The number of rotatable bonds is 6. The van der Waals surface area contributed by atoms with Crippen molar-refractivity contribution in [3.63, 3.8) is 0 Å². The highest BCUT2D eigenvalue weighted by Crippen LogP contribution is 2.02. The molecule has 0 spiro atoms. The van der Waals surface area contributed by atoms with Crippen LogP contribution in [0.15, 0.2) is 35.2 Å². The van der Waals surface area contributed by atoms with Crippen molar-refractivity contribution in [2.45, 2.75) is 32.8 Å². The van der Waals surface area contributed by atoms with Crippen LogP contribution in [-0.2, 0) is 11.3 Å². The molecule has 1 heterocycles. The van der Waals surface area contributed by atoms with Gasteiger partial charge in [0.25, 0.3) is 0 Å². The smallest absolute Gasteiger partial charge is 0.145 e. The second kappa shape index (κ2) is 6.35. The molecule has 0 fully saturated rings. The van der Waals surface area contributed by atoms with Crippen LogP contribution < -0.4 is 0 Å². The van der Waals surface area contributed by atoms with Gasteiger partial charge in [-0.1, -0.05) is 13.3 Å². The molecule has 0 N–H and O–H groups in total. The fourth-order valence-corrected chi connectivity index (χ4v) is 0.983. The van der Waals surface area contributed by atoms with Crippen molar-refractivity contribution in [3.05, 3.63) is 36.5 Å². The van der Waals surface area contributed by atoms with Crippen LogP contribution in [0.2, 0.25) is 0 Å². The average Bonchev–Trinajstić information content (AvgIpc) is 2.63. The molecule has 72 valence electrons. The average molecular weight is 180 g/mol. The molecule has 0 aliphatic rings. The van der Waals surface area contributed by atoms with Gasteiger partial charge in [0, 0.05) is 0 Å². The second-order valence-corrected chi connectivity index (χ2v) is 2.90. The molecular formula is C11H16O2. The maximum absolute atomic E-state index is 5.25. The predicted molar refractivity (Wildman–Crippen MR) is 52.2 cm³/mol. The Bertz CT molecular complexity index is 224. The van der Waals surface area contributed by atoms with Gasteiger partial charge >= 0.3 is 0 Å². The summed E-state index contributed by atoms with van der Waals surface area (Å²) in [5.74, 6) is 0.861. The van der Waals surface area contributed by atoms with E-state index in [4.69, 9.17) is 9.15 Å². The third kappa shape index (κ3) is 4.41. The van der Waals surface area contributed by atoms with Gasteiger partial charge in [-0.2, -0.15) is 0 Å². The quantitative estimate of drug-likeness (QED) is 0.494. The number of hydrogen-bond donors (Lipinski definition) is 0. The molecule has 0 aliphatic heterocycles. The van der Waals surface area contributed by atoms with Crippen LogP contribution >= 0.6 is 0 Å². The summed E-state index contributed by atoms with van der Waals surface area (Å²) in [5.41, 5.74) is 0. The highest BCUT2D eigenvalue weighted by molar-refractivity contribution is 4.96. The van der Waals surface area contributed by atoms with Crippen molar-refractivity contribution in [1.82, 2.24) is 0 Å². The minimum atomic E-state index is 0.523. The molecule has 2 nitrogen and oxygen atoms in total. The number of furan rings is 1. The minimum Gasteiger partial charge on any atom is -0.494 e. The summed E-state index contributed by atoms with van der Waals surface area (Å²) >= 11 is 0. The number of hydrogen-bond acceptors (Lipinski definition) is 2. The normalized spacial score (nSPS) is 10.8. The SMILES string of the molecule is CCCC/C=C/OCc1ccco1. The van der Waals surface area contributed by atoms with Crippen LogP contribution in [0.3, 0.4) is 0 Å². The van der Waals surface area contributed by atoms with Crippen LogP contribution in [0.1, 0.15) is 31.9 Å². The summed E-state index contributed by atoms with van der Waals surface area (Å²) in [6.45, 7) is 2.70. The first kappa shape index (κ1) is 9.90. The maximum Gasteiger partial charge on any atom is 0.145 e. The molecule has 0 amide bonds. The first-order valence-electron chi connectivity index (χ1n) is 4.72. The molecule has 1 aromatic rings. The summed E-state index contributed by atoms with van der Waals surface area (Å²) in [5, 5.41) is 0. The van der Waals surface area contributed by atoms with E-state index in [1.807, 2.05) is 18.2 Å². The van der Waals surface area contributed by atoms with Crippen molar-refractivity contribution in [3.8, 4) is 0 Å². The lowest BCUT2D eigenvalue weighted by Crippen LogP contribution is -1.81. The van der Waals surface area contributed by atoms with Crippen LogP contribution in [-0.4, -0.2) is 0 Å². The van der Waals surface area contributed by atoms with Gasteiger partial charge in [-0.05, 0) is 31.1 Å². The molecule has 0 saturated carbocycles. The summed E-state index contributed by atoms with van der Waals surface area (Å²) < 4.78 is 10.4. The Kier molecular flexibility index (Phi) is 4.84. The van der Waals surface area contributed by atoms with Gasteiger partial charge < -0.3 is 9.15 Å². The zero-order valence-corrected chi connectivity index (χ0v) is 8.03. The van der Waals surface area contributed by atoms with Gasteiger partial charge in [0.2, 0.25) is 0 Å².